The number of aryl methyl sites for hydroxylation is 2. The van der Waals surface area contributed by atoms with E-state index in [-0.39, 0.29) is 18.4 Å². The number of nitrogens with zero attached hydrogens (tertiary/aromatic N) is 2. The minimum absolute atomic E-state index is 0. The Hall–Kier alpha value is -0.870. The molecule has 0 amide bonds. The zero-order chi connectivity index (χ0) is 11.5. The van der Waals surface area contributed by atoms with E-state index in [0.717, 1.165) is 30.2 Å². The Morgan fingerprint density at radius 3 is 2.35 bits per heavy atom. The van der Waals surface area contributed by atoms with Gasteiger partial charge in [0.25, 0.3) is 0 Å². The van der Waals surface area contributed by atoms with E-state index in [0.29, 0.717) is 6.04 Å². The van der Waals surface area contributed by atoms with E-state index in [1.165, 1.54) is 12.8 Å². The van der Waals surface area contributed by atoms with Crippen molar-refractivity contribution >= 4 is 18.4 Å². The highest BCUT2D eigenvalue weighted by Gasteiger charge is 2.22. The van der Waals surface area contributed by atoms with Crippen LogP contribution in [0.25, 0.3) is 0 Å². The number of halogens is 1. The number of hydrogen-bond acceptors (Lipinski definition) is 4. The summed E-state index contributed by atoms with van der Waals surface area (Å²) in [6.07, 6.45) is 4.71. The molecule has 2 rings (SSSR count). The van der Waals surface area contributed by atoms with Crippen molar-refractivity contribution in [3.05, 3.63) is 17.5 Å². The smallest absolute Gasteiger partial charge is 0.223 e. The van der Waals surface area contributed by atoms with Gasteiger partial charge in [-0.2, -0.15) is 0 Å². The lowest BCUT2D eigenvalue weighted by atomic mass is 9.91. The normalized spacial score (nSPS) is 23.9. The quantitative estimate of drug-likeness (QED) is 0.852. The van der Waals surface area contributed by atoms with E-state index in [4.69, 9.17) is 5.73 Å². The number of nitrogens with one attached hydrogen (secondary N) is 1. The van der Waals surface area contributed by atoms with Gasteiger partial charge >= 0.3 is 0 Å². The van der Waals surface area contributed by atoms with E-state index in [9.17, 15) is 0 Å². The van der Waals surface area contributed by atoms with Crippen molar-refractivity contribution in [2.24, 2.45) is 5.73 Å². The van der Waals surface area contributed by atoms with Crippen LogP contribution in [0.15, 0.2) is 6.07 Å². The maximum atomic E-state index is 6.08. The first-order chi connectivity index (χ1) is 7.65. The largest absolute Gasteiger partial charge is 0.350 e. The van der Waals surface area contributed by atoms with Crippen LogP contribution in [0.1, 0.15) is 37.1 Å². The molecule has 17 heavy (non-hydrogen) atoms. The van der Waals surface area contributed by atoms with Gasteiger partial charge in [-0.25, -0.2) is 9.97 Å². The lowest BCUT2D eigenvalue weighted by molar-refractivity contribution is 0.402. The molecule has 2 atom stereocenters. The van der Waals surface area contributed by atoms with E-state index < -0.39 is 0 Å². The molecular formula is C12H21ClN4. The van der Waals surface area contributed by atoms with Crippen LogP contribution in [0.4, 0.5) is 5.95 Å². The van der Waals surface area contributed by atoms with Gasteiger partial charge in [0.1, 0.15) is 0 Å². The molecule has 3 N–H and O–H groups in total. The molecule has 1 aliphatic rings. The molecule has 1 aliphatic carbocycles. The molecule has 0 saturated heterocycles. The van der Waals surface area contributed by atoms with Crippen molar-refractivity contribution in [2.45, 2.75) is 51.6 Å². The summed E-state index contributed by atoms with van der Waals surface area (Å²) in [4.78, 5) is 8.77. The Morgan fingerprint density at radius 2 is 1.76 bits per heavy atom. The monoisotopic (exact) mass is 256 g/mol. The molecule has 1 fully saturated rings. The molecule has 96 valence electrons. The van der Waals surface area contributed by atoms with Gasteiger partial charge in [0, 0.05) is 23.5 Å². The Morgan fingerprint density at radius 1 is 1.18 bits per heavy atom. The lowest BCUT2D eigenvalue weighted by Crippen LogP contribution is -2.43. The number of aromatic nitrogens is 2. The number of nitrogens with two attached hydrogens (primary N) is 1. The van der Waals surface area contributed by atoms with Gasteiger partial charge in [-0.15, -0.1) is 12.4 Å². The van der Waals surface area contributed by atoms with Crippen LogP contribution in [-0.4, -0.2) is 22.1 Å². The fraction of sp³-hybridized carbons (Fsp3) is 0.667. The molecule has 0 bridgehead atoms. The zero-order valence-electron chi connectivity index (χ0n) is 10.4. The van der Waals surface area contributed by atoms with Crippen LogP contribution in [0.2, 0.25) is 0 Å². The van der Waals surface area contributed by atoms with Gasteiger partial charge in [-0.05, 0) is 32.8 Å². The predicted molar refractivity (Wildman–Crippen MR) is 72.6 cm³/mol. The minimum Gasteiger partial charge on any atom is -0.350 e. The van der Waals surface area contributed by atoms with Gasteiger partial charge < -0.3 is 11.1 Å². The number of hydrogen-bond donors (Lipinski definition) is 2. The summed E-state index contributed by atoms with van der Waals surface area (Å²) < 4.78 is 0. The van der Waals surface area contributed by atoms with Crippen LogP contribution < -0.4 is 11.1 Å². The topological polar surface area (TPSA) is 63.8 Å². The van der Waals surface area contributed by atoms with Crippen LogP contribution in [-0.2, 0) is 0 Å². The van der Waals surface area contributed by atoms with Crippen molar-refractivity contribution in [3.63, 3.8) is 0 Å². The first-order valence-corrected chi connectivity index (χ1v) is 5.99. The zero-order valence-corrected chi connectivity index (χ0v) is 11.3. The maximum absolute atomic E-state index is 6.08. The Balaban J connectivity index is 0.00000144. The molecular weight excluding hydrogens is 236 g/mol. The summed E-state index contributed by atoms with van der Waals surface area (Å²) in [7, 11) is 0. The van der Waals surface area contributed by atoms with Crippen LogP contribution in [0.5, 0.6) is 0 Å². The fourth-order valence-corrected chi connectivity index (χ4v) is 2.30. The molecule has 2 unspecified atom stereocenters. The van der Waals surface area contributed by atoms with Crippen molar-refractivity contribution in [1.29, 1.82) is 0 Å². The molecule has 0 aliphatic heterocycles. The minimum atomic E-state index is 0. The Bertz CT molecular complexity index is 349. The molecule has 5 heteroatoms. The van der Waals surface area contributed by atoms with Crippen LogP contribution in [0, 0.1) is 13.8 Å². The van der Waals surface area contributed by atoms with Gasteiger partial charge in [-0.1, -0.05) is 12.8 Å². The molecule has 0 aromatic carbocycles. The van der Waals surface area contributed by atoms with E-state index in [1.807, 2.05) is 19.9 Å². The molecule has 1 aromatic heterocycles. The van der Waals surface area contributed by atoms with Gasteiger partial charge in [0.15, 0.2) is 0 Å². The van der Waals surface area contributed by atoms with Crippen molar-refractivity contribution < 1.29 is 0 Å². The SMILES string of the molecule is Cc1cc(C)nc(NC2CCCCC2N)n1.Cl. The second kappa shape index (κ2) is 6.17. The maximum Gasteiger partial charge on any atom is 0.223 e. The van der Waals surface area contributed by atoms with Gasteiger partial charge in [0.05, 0.1) is 0 Å². The second-order valence-electron chi connectivity index (χ2n) is 4.67. The van der Waals surface area contributed by atoms with Crippen LogP contribution >= 0.6 is 12.4 Å². The highest BCUT2D eigenvalue weighted by molar-refractivity contribution is 5.85. The van der Waals surface area contributed by atoms with E-state index >= 15 is 0 Å². The average molecular weight is 257 g/mol. The van der Waals surface area contributed by atoms with Crippen molar-refractivity contribution in [2.75, 3.05) is 5.32 Å². The molecule has 0 radical (unpaired) electrons. The summed E-state index contributed by atoms with van der Waals surface area (Å²) in [6.45, 7) is 3.97. The molecule has 4 nitrogen and oxygen atoms in total. The standard InChI is InChI=1S/C12H20N4.ClH/c1-8-7-9(2)15-12(14-8)16-11-6-4-3-5-10(11)13;/h7,10-11H,3-6,13H2,1-2H3,(H,14,15,16);1H. The summed E-state index contributed by atoms with van der Waals surface area (Å²) in [6, 6.07) is 2.54. The highest BCUT2D eigenvalue weighted by atomic mass is 35.5. The Kier molecular flexibility index (Phi) is 5.15. The average Bonchev–Trinajstić information content (AvgIpc) is 2.20. The fourth-order valence-electron chi connectivity index (χ4n) is 2.30. The summed E-state index contributed by atoms with van der Waals surface area (Å²) in [5, 5.41) is 3.37. The van der Waals surface area contributed by atoms with E-state index in [2.05, 4.69) is 15.3 Å². The molecule has 1 heterocycles. The first kappa shape index (κ1) is 14.2. The molecule has 1 saturated carbocycles. The second-order valence-corrected chi connectivity index (χ2v) is 4.67. The Labute approximate surface area is 109 Å². The van der Waals surface area contributed by atoms with Gasteiger partial charge in [-0.3, -0.25) is 0 Å². The third-order valence-electron chi connectivity index (χ3n) is 3.12. The van der Waals surface area contributed by atoms with Crippen molar-refractivity contribution in [3.8, 4) is 0 Å². The third-order valence-corrected chi connectivity index (χ3v) is 3.12. The highest BCUT2D eigenvalue weighted by Crippen LogP contribution is 2.19. The summed E-state index contributed by atoms with van der Waals surface area (Å²) >= 11 is 0. The predicted octanol–water partition coefficient (Wildman–Crippen LogP) is 2.20. The van der Waals surface area contributed by atoms with E-state index in [1.54, 1.807) is 0 Å². The molecule has 0 spiro atoms. The third kappa shape index (κ3) is 3.82. The number of rotatable bonds is 2. The summed E-state index contributed by atoms with van der Waals surface area (Å²) in [5.41, 5.74) is 8.08. The van der Waals surface area contributed by atoms with Crippen molar-refractivity contribution in [1.82, 2.24) is 9.97 Å². The summed E-state index contributed by atoms with van der Waals surface area (Å²) in [5.74, 6) is 0.722. The molecule has 1 aromatic rings. The lowest BCUT2D eigenvalue weighted by Gasteiger charge is -2.29. The number of anilines is 1. The van der Waals surface area contributed by atoms with Gasteiger partial charge in [0.2, 0.25) is 5.95 Å². The first-order valence-electron chi connectivity index (χ1n) is 5.99. The van der Waals surface area contributed by atoms with Crippen LogP contribution in [0.3, 0.4) is 0 Å².